The first-order chi connectivity index (χ1) is 7.36. The second kappa shape index (κ2) is 3.02. The molecule has 0 saturated heterocycles. The van der Waals surface area contributed by atoms with Gasteiger partial charge in [0.25, 0.3) is 0 Å². The Balaban J connectivity index is 2.38. The maximum absolute atomic E-state index is 11.4. The molecule has 1 heterocycles. The van der Waals surface area contributed by atoms with Crippen molar-refractivity contribution in [2.24, 2.45) is 0 Å². The van der Waals surface area contributed by atoms with Gasteiger partial charge in [-0.3, -0.25) is 0 Å². The molecule has 3 nitrogen and oxygen atoms in total. The van der Waals surface area contributed by atoms with Gasteiger partial charge in [0.1, 0.15) is 5.75 Å². The van der Waals surface area contributed by atoms with Crippen molar-refractivity contribution in [3.63, 3.8) is 0 Å². The summed E-state index contributed by atoms with van der Waals surface area (Å²) in [5.41, 5.74) is 0.500. The van der Waals surface area contributed by atoms with Crippen LogP contribution in [0.4, 0.5) is 0 Å². The van der Waals surface area contributed by atoms with Gasteiger partial charge < -0.3 is 9.31 Å². The van der Waals surface area contributed by atoms with E-state index in [1.165, 1.54) is 0 Å². The lowest BCUT2D eigenvalue weighted by atomic mass is 10.0. The molecular formula is C11H7BO3. The Labute approximate surface area is 86.9 Å². The molecule has 1 aliphatic rings. The zero-order valence-corrected chi connectivity index (χ0v) is 7.90. The van der Waals surface area contributed by atoms with E-state index in [9.17, 15) is 4.79 Å². The van der Waals surface area contributed by atoms with E-state index in [1.54, 1.807) is 6.07 Å². The minimum absolute atomic E-state index is 0.000158. The van der Waals surface area contributed by atoms with Gasteiger partial charge >= 0.3 is 13.7 Å². The topological polar surface area (TPSA) is 35.5 Å². The van der Waals surface area contributed by atoms with E-state index in [0.29, 0.717) is 11.3 Å². The Kier molecular flexibility index (Phi) is 1.68. The number of carbonyl (C=O) groups is 1. The molecule has 15 heavy (non-hydrogen) atoms. The van der Waals surface area contributed by atoms with Gasteiger partial charge in [-0.2, -0.15) is 0 Å². The summed E-state index contributed by atoms with van der Waals surface area (Å²) in [6, 6.07) is 11.4. The number of fused-ring (bicyclic) bond motifs is 3. The molecule has 0 saturated carbocycles. The molecule has 2 aromatic carbocycles. The van der Waals surface area contributed by atoms with Crippen LogP contribution in [0.1, 0.15) is 10.4 Å². The predicted octanol–water partition coefficient (Wildman–Crippen LogP) is 1.66. The lowest BCUT2D eigenvalue weighted by molar-refractivity contribution is 0.0699. The van der Waals surface area contributed by atoms with Gasteiger partial charge in [-0.1, -0.05) is 30.3 Å². The van der Waals surface area contributed by atoms with Gasteiger partial charge in [-0.05, 0) is 11.5 Å². The summed E-state index contributed by atoms with van der Waals surface area (Å²) in [5.74, 6) is 0.311. The highest BCUT2D eigenvalue weighted by molar-refractivity contribution is 6.28. The molecular weight excluding hydrogens is 191 g/mol. The molecule has 0 amide bonds. The van der Waals surface area contributed by atoms with E-state index in [1.807, 2.05) is 30.3 Å². The van der Waals surface area contributed by atoms with Gasteiger partial charge in [0, 0.05) is 5.39 Å². The van der Waals surface area contributed by atoms with Crippen molar-refractivity contribution < 1.29 is 14.1 Å². The smallest absolute Gasteiger partial charge is 0.527 e. The molecule has 0 bridgehead atoms. The quantitative estimate of drug-likeness (QED) is 0.603. The fourth-order valence-corrected chi connectivity index (χ4v) is 1.78. The Morgan fingerprint density at radius 2 is 1.87 bits per heavy atom. The largest absolute Gasteiger partial charge is 0.578 e. The summed E-state index contributed by atoms with van der Waals surface area (Å²) < 4.78 is 10.2. The summed E-state index contributed by atoms with van der Waals surface area (Å²) in [6.07, 6.45) is 0. The summed E-state index contributed by atoms with van der Waals surface area (Å²) in [5, 5.41) is 2.01. The summed E-state index contributed by atoms with van der Waals surface area (Å²) >= 11 is 0. The summed E-state index contributed by atoms with van der Waals surface area (Å²) in [6.45, 7) is 0. The Bertz CT molecular complexity index is 551. The number of benzene rings is 2. The summed E-state index contributed by atoms with van der Waals surface area (Å²) in [7, 11) is -0.000158. The SMILES string of the molecule is O=C1OBOc2c1ccc1ccccc21. The van der Waals surface area contributed by atoms with Crippen LogP contribution in [0.5, 0.6) is 5.75 Å². The van der Waals surface area contributed by atoms with E-state index in [0.717, 1.165) is 10.8 Å². The van der Waals surface area contributed by atoms with Crippen LogP contribution in [0.3, 0.4) is 0 Å². The molecule has 72 valence electrons. The van der Waals surface area contributed by atoms with Gasteiger partial charge in [0.2, 0.25) is 0 Å². The zero-order chi connectivity index (χ0) is 10.3. The molecule has 0 atom stereocenters. The van der Waals surface area contributed by atoms with Crippen LogP contribution in [0.2, 0.25) is 0 Å². The van der Waals surface area contributed by atoms with Crippen LogP contribution in [-0.4, -0.2) is 13.7 Å². The third kappa shape index (κ3) is 1.18. The minimum Gasteiger partial charge on any atom is -0.527 e. The zero-order valence-electron chi connectivity index (χ0n) is 7.90. The van der Waals surface area contributed by atoms with Crippen LogP contribution in [0.25, 0.3) is 10.8 Å². The molecule has 0 aromatic heterocycles. The van der Waals surface area contributed by atoms with Crippen molar-refractivity contribution >= 4 is 24.4 Å². The van der Waals surface area contributed by atoms with Gasteiger partial charge in [0.05, 0.1) is 5.56 Å². The van der Waals surface area contributed by atoms with Crippen LogP contribution < -0.4 is 4.65 Å². The van der Waals surface area contributed by atoms with E-state index >= 15 is 0 Å². The lowest BCUT2D eigenvalue weighted by Crippen LogP contribution is -2.21. The second-order valence-corrected chi connectivity index (χ2v) is 3.36. The molecule has 0 radical (unpaired) electrons. The number of rotatable bonds is 0. The number of hydrogen-bond donors (Lipinski definition) is 0. The van der Waals surface area contributed by atoms with Gasteiger partial charge in [0.15, 0.2) is 0 Å². The highest BCUT2D eigenvalue weighted by Gasteiger charge is 2.22. The summed E-state index contributed by atoms with van der Waals surface area (Å²) in [4.78, 5) is 11.4. The van der Waals surface area contributed by atoms with Crippen molar-refractivity contribution in [1.82, 2.24) is 0 Å². The molecule has 0 fully saturated rings. The highest BCUT2D eigenvalue weighted by atomic mass is 16.6. The lowest BCUT2D eigenvalue weighted by Gasteiger charge is -2.17. The number of carbonyl (C=O) groups excluding carboxylic acids is 1. The highest BCUT2D eigenvalue weighted by Crippen LogP contribution is 2.31. The fourth-order valence-electron chi connectivity index (χ4n) is 1.78. The first-order valence-electron chi connectivity index (χ1n) is 4.68. The van der Waals surface area contributed by atoms with Crippen molar-refractivity contribution in [2.45, 2.75) is 0 Å². The first kappa shape index (κ1) is 8.35. The Morgan fingerprint density at radius 3 is 2.80 bits per heavy atom. The van der Waals surface area contributed by atoms with E-state index in [4.69, 9.17) is 9.31 Å². The monoisotopic (exact) mass is 198 g/mol. The maximum atomic E-state index is 11.4. The van der Waals surface area contributed by atoms with Gasteiger partial charge in [-0.25, -0.2) is 4.79 Å². The molecule has 0 aliphatic carbocycles. The Hall–Kier alpha value is -1.97. The third-order valence-electron chi connectivity index (χ3n) is 2.49. The average Bonchev–Trinajstić information content (AvgIpc) is 2.29. The van der Waals surface area contributed by atoms with Crippen molar-refractivity contribution in [3.8, 4) is 5.75 Å². The van der Waals surface area contributed by atoms with Crippen LogP contribution >= 0.6 is 0 Å². The normalized spacial score (nSPS) is 13.7. The molecule has 0 spiro atoms. The van der Waals surface area contributed by atoms with Crippen molar-refractivity contribution in [3.05, 3.63) is 42.0 Å². The standard InChI is InChI=1S/C11H7BO3/c13-11-9-6-5-7-3-1-2-4-8(7)10(9)14-12-15-11/h1-6,12H. The van der Waals surface area contributed by atoms with Gasteiger partial charge in [-0.15, -0.1) is 0 Å². The molecule has 2 aromatic rings. The maximum Gasteiger partial charge on any atom is 0.578 e. The fraction of sp³-hybridized carbons (Fsp3) is 0. The third-order valence-corrected chi connectivity index (χ3v) is 2.49. The molecule has 3 rings (SSSR count). The van der Waals surface area contributed by atoms with E-state index in [2.05, 4.69) is 0 Å². The Morgan fingerprint density at radius 1 is 1.00 bits per heavy atom. The van der Waals surface area contributed by atoms with Crippen LogP contribution in [-0.2, 0) is 4.65 Å². The first-order valence-corrected chi connectivity index (χ1v) is 4.68. The number of hydrogen-bond acceptors (Lipinski definition) is 3. The van der Waals surface area contributed by atoms with Crippen LogP contribution in [0, 0.1) is 0 Å². The molecule has 4 heteroatoms. The minimum atomic E-state index is -0.318. The van der Waals surface area contributed by atoms with Crippen molar-refractivity contribution in [1.29, 1.82) is 0 Å². The predicted molar refractivity (Wildman–Crippen MR) is 57.1 cm³/mol. The van der Waals surface area contributed by atoms with E-state index < -0.39 is 0 Å². The molecule has 0 N–H and O–H groups in total. The molecule has 1 aliphatic heterocycles. The van der Waals surface area contributed by atoms with Crippen molar-refractivity contribution in [2.75, 3.05) is 0 Å². The molecule has 0 unspecified atom stereocenters. The van der Waals surface area contributed by atoms with Crippen LogP contribution in [0.15, 0.2) is 36.4 Å². The average molecular weight is 198 g/mol. The van der Waals surface area contributed by atoms with E-state index in [-0.39, 0.29) is 13.7 Å². The second-order valence-electron chi connectivity index (χ2n) is 3.36.